The van der Waals surface area contributed by atoms with Crippen molar-refractivity contribution < 1.29 is 9.90 Å². The Hall–Kier alpha value is -2.49. The second-order valence-electron chi connectivity index (χ2n) is 5.52. The number of aromatic nitrogens is 1. The largest absolute Gasteiger partial charge is 0.507 e. The number of carbonyl (C=O) groups excluding carboxylic acids is 1. The van der Waals surface area contributed by atoms with E-state index in [4.69, 9.17) is 0 Å². The molecule has 4 nitrogen and oxygen atoms in total. The zero-order chi connectivity index (χ0) is 15.5. The Morgan fingerprint density at radius 3 is 2.77 bits per heavy atom. The molecule has 0 bridgehead atoms. The van der Waals surface area contributed by atoms with Gasteiger partial charge in [-0.15, -0.1) is 0 Å². The van der Waals surface area contributed by atoms with Gasteiger partial charge in [-0.25, -0.2) is 0 Å². The zero-order valence-electron chi connectivity index (χ0n) is 12.6. The minimum absolute atomic E-state index is 0.00653. The van der Waals surface area contributed by atoms with Crippen molar-refractivity contribution >= 4 is 27.7 Å². The van der Waals surface area contributed by atoms with Crippen molar-refractivity contribution in [2.75, 3.05) is 6.54 Å². The van der Waals surface area contributed by atoms with Crippen LogP contribution in [0.2, 0.25) is 0 Å². The van der Waals surface area contributed by atoms with Gasteiger partial charge in [0, 0.05) is 22.8 Å². The summed E-state index contributed by atoms with van der Waals surface area (Å²) in [4.78, 5) is 15.7. The molecule has 0 spiro atoms. The number of amides is 1. The minimum atomic E-state index is -0.231. The van der Waals surface area contributed by atoms with E-state index in [1.165, 1.54) is 0 Å². The van der Waals surface area contributed by atoms with Gasteiger partial charge in [-0.1, -0.05) is 38.0 Å². The van der Waals surface area contributed by atoms with Crippen molar-refractivity contribution in [2.45, 2.75) is 26.2 Å². The van der Waals surface area contributed by atoms with Gasteiger partial charge in [0.25, 0.3) is 5.91 Å². The Morgan fingerprint density at radius 2 is 1.95 bits per heavy atom. The number of phenolic OH excluding ortho intramolecular Hbond substituents is 1. The van der Waals surface area contributed by atoms with Crippen LogP contribution >= 0.6 is 0 Å². The highest BCUT2D eigenvalue weighted by Crippen LogP contribution is 2.32. The number of aromatic hydroxyl groups is 1. The van der Waals surface area contributed by atoms with Crippen molar-refractivity contribution in [2.24, 2.45) is 0 Å². The van der Waals surface area contributed by atoms with Crippen molar-refractivity contribution in [1.82, 2.24) is 10.3 Å². The van der Waals surface area contributed by atoms with Crippen molar-refractivity contribution in [3.63, 3.8) is 0 Å². The summed E-state index contributed by atoms with van der Waals surface area (Å²) in [5.74, 6) is -0.224. The van der Waals surface area contributed by atoms with Gasteiger partial charge >= 0.3 is 0 Å². The first-order valence-corrected chi connectivity index (χ1v) is 7.73. The number of phenols is 1. The summed E-state index contributed by atoms with van der Waals surface area (Å²) in [5.41, 5.74) is 1.97. The van der Waals surface area contributed by atoms with Gasteiger partial charge in [0.05, 0.1) is 5.52 Å². The van der Waals surface area contributed by atoms with Crippen LogP contribution in [0.5, 0.6) is 5.75 Å². The van der Waals surface area contributed by atoms with Crippen molar-refractivity contribution in [3.8, 4) is 5.75 Å². The van der Waals surface area contributed by atoms with Crippen LogP contribution < -0.4 is 5.32 Å². The Morgan fingerprint density at radius 1 is 1.14 bits per heavy atom. The highest BCUT2D eigenvalue weighted by atomic mass is 16.3. The molecular formula is C18H20N2O2. The fraction of sp³-hybridized carbons (Fsp3) is 0.278. The summed E-state index contributed by atoms with van der Waals surface area (Å²) in [7, 11) is 0. The molecule has 1 aromatic heterocycles. The topological polar surface area (TPSA) is 65.1 Å². The van der Waals surface area contributed by atoms with E-state index in [0.29, 0.717) is 17.6 Å². The van der Waals surface area contributed by atoms with Crippen LogP contribution in [0.3, 0.4) is 0 Å². The van der Waals surface area contributed by atoms with Crippen molar-refractivity contribution in [1.29, 1.82) is 0 Å². The first-order chi connectivity index (χ1) is 10.7. The smallest absolute Gasteiger partial charge is 0.257 e. The molecule has 3 N–H and O–H groups in total. The van der Waals surface area contributed by atoms with Gasteiger partial charge in [0.2, 0.25) is 0 Å². The van der Waals surface area contributed by atoms with E-state index in [0.717, 1.165) is 35.6 Å². The van der Waals surface area contributed by atoms with Crippen LogP contribution in [0.15, 0.2) is 36.4 Å². The highest BCUT2D eigenvalue weighted by Gasteiger charge is 2.17. The molecule has 3 aromatic rings. The molecular weight excluding hydrogens is 276 g/mol. The summed E-state index contributed by atoms with van der Waals surface area (Å²) >= 11 is 0. The fourth-order valence-electron chi connectivity index (χ4n) is 2.80. The first-order valence-electron chi connectivity index (χ1n) is 7.73. The minimum Gasteiger partial charge on any atom is -0.507 e. The van der Waals surface area contributed by atoms with Crippen LogP contribution in [-0.4, -0.2) is 22.5 Å². The number of hydrogen-bond acceptors (Lipinski definition) is 2. The standard InChI is InChI=1S/C18H20N2O2/c1-2-3-6-11-19-18(22)16-15(21)10-9-13-12-7-4-5-8-14(12)20-17(13)16/h4-5,7-10,20-21H,2-3,6,11H2,1H3,(H,19,22). The molecule has 0 unspecified atom stereocenters. The third kappa shape index (κ3) is 2.52. The molecule has 0 fully saturated rings. The number of unbranched alkanes of at least 4 members (excludes halogenated alkanes) is 2. The second kappa shape index (κ2) is 6.10. The number of carbonyl (C=O) groups is 1. The maximum Gasteiger partial charge on any atom is 0.257 e. The number of rotatable bonds is 5. The number of nitrogens with one attached hydrogen (secondary N) is 2. The third-order valence-corrected chi connectivity index (χ3v) is 3.95. The van der Waals surface area contributed by atoms with E-state index < -0.39 is 0 Å². The SMILES string of the molecule is CCCCCNC(=O)c1c(O)ccc2c1[nH]c1ccccc12. The normalized spacial score (nSPS) is 11.1. The van der Waals surface area contributed by atoms with E-state index in [9.17, 15) is 9.90 Å². The lowest BCUT2D eigenvalue weighted by Gasteiger charge is -2.08. The quantitative estimate of drug-likeness (QED) is 0.624. The summed E-state index contributed by atoms with van der Waals surface area (Å²) in [6.07, 6.45) is 3.15. The van der Waals surface area contributed by atoms with Gasteiger partial charge in [-0.05, 0) is 24.6 Å². The summed E-state index contributed by atoms with van der Waals surface area (Å²) in [5, 5.41) is 15.0. The van der Waals surface area contributed by atoms with Gasteiger partial charge < -0.3 is 15.4 Å². The van der Waals surface area contributed by atoms with Gasteiger partial charge in [0.15, 0.2) is 0 Å². The Balaban J connectivity index is 2.00. The van der Waals surface area contributed by atoms with Gasteiger partial charge in [0.1, 0.15) is 11.3 Å². The highest BCUT2D eigenvalue weighted by molar-refractivity contribution is 6.16. The molecule has 114 valence electrons. The maximum atomic E-state index is 12.4. The average Bonchev–Trinajstić information content (AvgIpc) is 2.89. The Kier molecular flexibility index (Phi) is 4.00. The zero-order valence-corrected chi connectivity index (χ0v) is 12.6. The number of benzene rings is 2. The molecule has 0 aliphatic heterocycles. The van der Waals surface area contributed by atoms with E-state index in [2.05, 4.69) is 17.2 Å². The van der Waals surface area contributed by atoms with E-state index in [-0.39, 0.29) is 11.7 Å². The molecule has 0 radical (unpaired) electrons. The number of aromatic amines is 1. The molecule has 0 atom stereocenters. The molecule has 1 heterocycles. The van der Waals surface area contributed by atoms with Crippen molar-refractivity contribution in [3.05, 3.63) is 42.0 Å². The van der Waals surface area contributed by atoms with E-state index >= 15 is 0 Å². The van der Waals surface area contributed by atoms with E-state index in [1.54, 1.807) is 6.07 Å². The maximum absolute atomic E-state index is 12.4. The van der Waals surface area contributed by atoms with Gasteiger partial charge in [-0.3, -0.25) is 4.79 Å². The number of hydrogen-bond donors (Lipinski definition) is 3. The lowest BCUT2D eigenvalue weighted by molar-refractivity contribution is 0.0952. The second-order valence-corrected chi connectivity index (χ2v) is 5.52. The number of para-hydroxylation sites is 1. The lowest BCUT2D eigenvalue weighted by atomic mass is 10.1. The number of fused-ring (bicyclic) bond motifs is 3. The van der Waals surface area contributed by atoms with Crippen LogP contribution in [0, 0.1) is 0 Å². The molecule has 22 heavy (non-hydrogen) atoms. The molecule has 0 saturated carbocycles. The molecule has 0 saturated heterocycles. The molecule has 2 aromatic carbocycles. The molecule has 3 rings (SSSR count). The fourth-order valence-corrected chi connectivity index (χ4v) is 2.80. The summed E-state index contributed by atoms with van der Waals surface area (Å²) < 4.78 is 0. The monoisotopic (exact) mass is 296 g/mol. The first kappa shape index (κ1) is 14.4. The van der Waals surface area contributed by atoms with Crippen LogP contribution in [0.1, 0.15) is 36.5 Å². The van der Waals surface area contributed by atoms with E-state index in [1.807, 2.05) is 30.3 Å². The Bertz CT molecular complexity index is 820. The average molecular weight is 296 g/mol. The summed E-state index contributed by atoms with van der Waals surface area (Å²) in [6, 6.07) is 11.3. The van der Waals surface area contributed by atoms with Gasteiger partial charge in [-0.2, -0.15) is 0 Å². The predicted octanol–water partition coefficient (Wildman–Crippen LogP) is 3.95. The molecule has 1 amide bonds. The van der Waals surface area contributed by atoms with Crippen LogP contribution in [0.25, 0.3) is 21.8 Å². The third-order valence-electron chi connectivity index (χ3n) is 3.95. The molecule has 0 aliphatic carbocycles. The summed E-state index contributed by atoms with van der Waals surface area (Å²) in [6.45, 7) is 2.75. The Labute approximate surface area is 129 Å². The number of H-pyrrole nitrogens is 1. The van der Waals surface area contributed by atoms with Crippen LogP contribution in [-0.2, 0) is 0 Å². The predicted molar refractivity (Wildman–Crippen MR) is 89.3 cm³/mol. The molecule has 4 heteroatoms. The lowest BCUT2D eigenvalue weighted by Crippen LogP contribution is -2.24. The molecule has 0 aliphatic rings. The van der Waals surface area contributed by atoms with Crippen LogP contribution in [0.4, 0.5) is 0 Å².